The van der Waals surface area contributed by atoms with Gasteiger partial charge in [0, 0.05) is 13.1 Å². The highest BCUT2D eigenvalue weighted by molar-refractivity contribution is 5.45. The van der Waals surface area contributed by atoms with Crippen molar-refractivity contribution in [1.29, 1.82) is 0 Å². The lowest BCUT2D eigenvalue weighted by Crippen LogP contribution is -2.32. The molecule has 0 radical (unpaired) electrons. The summed E-state index contributed by atoms with van der Waals surface area (Å²) >= 11 is 0. The molecule has 0 saturated heterocycles. The summed E-state index contributed by atoms with van der Waals surface area (Å²) in [5, 5.41) is 10.4. The van der Waals surface area contributed by atoms with Crippen molar-refractivity contribution in [3.8, 4) is 11.5 Å². The molecule has 1 aliphatic rings. The summed E-state index contributed by atoms with van der Waals surface area (Å²) in [5.41, 5.74) is 0.886. The zero-order valence-corrected chi connectivity index (χ0v) is 12.6. The van der Waals surface area contributed by atoms with Gasteiger partial charge in [0.15, 0.2) is 11.5 Å². The van der Waals surface area contributed by atoms with Crippen LogP contribution in [0.3, 0.4) is 0 Å². The molecule has 0 fully saturated rings. The number of hydrogen-bond donors (Lipinski definition) is 1. The molecular formula is C16H25NO3. The van der Waals surface area contributed by atoms with Crippen LogP contribution >= 0.6 is 0 Å². The molecule has 1 aromatic carbocycles. The second-order valence-corrected chi connectivity index (χ2v) is 5.49. The van der Waals surface area contributed by atoms with E-state index in [0.717, 1.165) is 36.6 Å². The number of aliphatic hydroxyl groups excluding tert-OH is 1. The van der Waals surface area contributed by atoms with E-state index in [1.54, 1.807) is 0 Å². The van der Waals surface area contributed by atoms with E-state index in [9.17, 15) is 5.11 Å². The molecule has 4 nitrogen and oxygen atoms in total. The van der Waals surface area contributed by atoms with E-state index < -0.39 is 6.10 Å². The molecular weight excluding hydrogens is 254 g/mol. The molecule has 0 aliphatic carbocycles. The van der Waals surface area contributed by atoms with Crippen LogP contribution in [-0.4, -0.2) is 36.4 Å². The van der Waals surface area contributed by atoms with E-state index in [-0.39, 0.29) is 6.79 Å². The third kappa shape index (κ3) is 3.64. The molecule has 2 rings (SSSR count). The molecule has 20 heavy (non-hydrogen) atoms. The van der Waals surface area contributed by atoms with Crippen molar-refractivity contribution in [3.05, 3.63) is 23.8 Å². The Balaban J connectivity index is 1.98. The normalized spacial score (nSPS) is 16.4. The highest BCUT2D eigenvalue weighted by Crippen LogP contribution is 2.34. The minimum atomic E-state index is -0.492. The maximum atomic E-state index is 10.4. The number of fused-ring (bicyclic) bond motifs is 1. The number of aliphatic hydroxyl groups is 1. The number of hydrogen-bond acceptors (Lipinski definition) is 4. The lowest BCUT2D eigenvalue weighted by Gasteiger charge is -2.26. The number of likely N-dealkylation sites (N-methyl/N-ethyl adjacent to an activating group) is 1. The van der Waals surface area contributed by atoms with Gasteiger partial charge in [-0.15, -0.1) is 0 Å². The van der Waals surface area contributed by atoms with Crippen molar-refractivity contribution in [1.82, 2.24) is 4.90 Å². The van der Waals surface area contributed by atoms with Gasteiger partial charge in [-0.3, -0.25) is 0 Å². The van der Waals surface area contributed by atoms with Gasteiger partial charge in [0.1, 0.15) is 0 Å². The fourth-order valence-electron chi connectivity index (χ4n) is 2.37. The predicted molar refractivity (Wildman–Crippen MR) is 79.1 cm³/mol. The topological polar surface area (TPSA) is 41.9 Å². The Morgan fingerprint density at radius 2 is 1.95 bits per heavy atom. The van der Waals surface area contributed by atoms with E-state index in [1.807, 2.05) is 18.2 Å². The summed E-state index contributed by atoms with van der Waals surface area (Å²) in [4.78, 5) is 2.30. The molecule has 112 valence electrons. The van der Waals surface area contributed by atoms with Gasteiger partial charge in [0.2, 0.25) is 6.79 Å². The average molecular weight is 279 g/mol. The molecule has 1 aromatic rings. The summed E-state index contributed by atoms with van der Waals surface area (Å²) in [6.45, 7) is 9.47. The third-order valence-corrected chi connectivity index (χ3v) is 3.93. The van der Waals surface area contributed by atoms with Crippen LogP contribution in [0.15, 0.2) is 18.2 Å². The Kier molecular flexibility index (Phi) is 5.26. The predicted octanol–water partition coefficient (Wildman–Crippen LogP) is 2.82. The summed E-state index contributed by atoms with van der Waals surface area (Å²) in [6, 6.07) is 5.66. The van der Waals surface area contributed by atoms with Crippen molar-refractivity contribution in [2.24, 2.45) is 5.92 Å². The maximum Gasteiger partial charge on any atom is 0.231 e. The molecule has 1 aliphatic heterocycles. The molecule has 1 N–H and O–H groups in total. The van der Waals surface area contributed by atoms with Gasteiger partial charge in [-0.05, 0) is 30.2 Å². The second-order valence-electron chi connectivity index (χ2n) is 5.49. The molecule has 2 atom stereocenters. The Bertz CT molecular complexity index is 436. The second kappa shape index (κ2) is 6.95. The molecule has 0 saturated carbocycles. The minimum absolute atomic E-state index is 0.268. The molecule has 0 amide bonds. The molecule has 2 unspecified atom stereocenters. The highest BCUT2D eigenvalue weighted by Gasteiger charge is 2.18. The van der Waals surface area contributed by atoms with Gasteiger partial charge in [0.25, 0.3) is 0 Å². The third-order valence-electron chi connectivity index (χ3n) is 3.93. The van der Waals surface area contributed by atoms with Gasteiger partial charge in [0.05, 0.1) is 6.10 Å². The summed E-state index contributed by atoms with van der Waals surface area (Å²) in [5.74, 6) is 2.14. The van der Waals surface area contributed by atoms with Crippen LogP contribution in [0.2, 0.25) is 0 Å². The van der Waals surface area contributed by atoms with E-state index >= 15 is 0 Å². The van der Waals surface area contributed by atoms with Crippen LogP contribution in [0.5, 0.6) is 11.5 Å². The van der Waals surface area contributed by atoms with E-state index in [1.165, 1.54) is 0 Å². The summed E-state index contributed by atoms with van der Waals surface area (Å²) in [7, 11) is 0. The monoisotopic (exact) mass is 279 g/mol. The summed E-state index contributed by atoms with van der Waals surface area (Å²) in [6.07, 6.45) is 0.671. The first kappa shape index (κ1) is 15.1. The first-order valence-corrected chi connectivity index (χ1v) is 7.44. The molecule has 0 bridgehead atoms. The van der Waals surface area contributed by atoms with Crippen LogP contribution in [0.1, 0.15) is 38.9 Å². The van der Waals surface area contributed by atoms with Gasteiger partial charge in [-0.2, -0.15) is 0 Å². The van der Waals surface area contributed by atoms with Crippen molar-refractivity contribution < 1.29 is 14.6 Å². The average Bonchev–Trinajstić information content (AvgIpc) is 2.93. The molecule has 1 heterocycles. The lowest BCUT2D eigenvalue weighted by molar-refractivity contribution is 0.107. The molecule has 0 aromatic heterocycles. The largest absolute Gasteiger partial charge is 0.454 e. The first-order chi connectivity index (χ1) is 9.63. The Labute approximate surface area is 121 Å². The Hall–Kier alpha value is -1.26. The van der Waals surface area contributed by atoms with Gasteiger partial charge in [-0.1, -0.05) is 33.3 Å². The van der Waals surface area contributed by atoms with E-state index in [2.05, 4.69) is 25.7 Å². The summed E-state index contributed by atoms with van der Waals surface area (Å²) < 4.78 is 10.6. The van der Waals surface area contributed by atoms with Crippen molar-refractivity contribution in [3.63, 3.8) is 0 Å². The standard InChI is InChI=1S/C16H25NO3/c1-4-12(3)9-17(5-2)10-14(18)13-6-7-15-16(8-13)20-11-19-15/h6-8,12,14,18H,4-5,9-11H2,1-3H3. The number of rotatable bonds is 7. The van der Waals surface area contributed by atoms with Gasteiger partial charge in [-0.25, -0.2) is 0 Å². The van der Waals surface area contributed by atoms with Gasteiger partial charge >= 0.3 is 0 Å². The fourth-order valence-corrected chi connectivity index (χ4v) is 2.37. The van der Waals surface area contributed by atoms with Crippen LogP contribution in [0.4, 0.5) is 0 Å². The van der Waals surface area contributed by atoms with Crippen molar-refractivity contribution in [2.45, 2.75) is 33.3 Å². The highest BCUT2D eigenvalue weighted by atomic mass is 16.7. The Morgan fingerprint density at radius 3 is 2.65 bits per heavy atom. The lowest BCUT2D eigenvalue weighted by atomic mass is 10.1. The Morgan fingerprint density at radius 1 is 1.20 bits per heavy atom. The fraction of sp³-hybridized carbons (Fsp3) is 0.625. The van der Waals surface area contributed by atoms with Crippen LogP contribution in [0, 0.1) is 5.92 Å². The first-order valence-electron chi connectivity index (χ1n) is 7.44. The van der Waals surface area contributed by atoms with E-state index in [0.29, 0.717) is 12.5 Å². The maximum absolute atomic E-state index is 10.4. The van der Waals surface area contributed by atoms with E-state index in [4.69, 9.17) is 9.47 Å². The number of ether oxygens (including phenoxy) is 2. The van der Waals surface area contributed by atoms with Gasteiger partial charge < -0.3 is 19.5 Å². The minimum Gasteiger partial charge on any atom is -0.454 e. The van der Waals surface area contributed by atoms with Crippen LogP contribution in [0.25, 0.3) is 0 Å². The number of nitrogens with zero attached hydrogens (tertiary/aromatic N) is 1. The van der Waals surface area contributed by atoms with Crippen molar-refractivity contribution in [2.75, 3.05) is 26.4 Å². The smallest absolute Gasteiger partial charge is 0.231 e. The number of benzene rings is 1. The zero-order chi connectivity index (χ0) is 14.5. The quantitative estimate of drug-likeness (QED) is 0.833. The van der Waals surface area contributed by atoms with Crippen molar-refractivity contribution >= 4 is 0 Å². The molecule has 0 spiro atoms. The van der Waals surface area contributed by atoms with Crippen LogP contribution in [-0.2, 0) is 0 Å². The molecule has 4 heteroatoms. The zero-order valence-electron chi connectivity index (χ0n) is 12.6. The van der Waals surface area contributed by atoms with Crippen LogP contribution < -0.4 is 9.47 Å². The SMILES string of the molecule is CCC(C)CN(CC)CC(O)c1ccc2c(c1)OCO2.